The smallest absolute Gasteiger partial charge is 0.233 e. The van der Waals surface area contributed by atoms with Crippen LogP contribution in [-0.4, -0.2) is 23.7 Å². The maximum Gasteiger partial charge on any atom is 0.233 e. The van der Waals surface area contributed by atoms with E-state index in [1.165, 1.54) is 12.0 Å². The maximum atomic E-state index is 12.9. The molecule has 24 heavy (non-hydrogen) atoms. The number of carbonyl (C=O) groups excluding carboxylic acids is 1. The molecular weight excluding hydrogens is 298 g/mol. The Hall–Kier alpha value is -1.35. The van der Waals surface area contributed by atoms with E-state index in [4.69, 9.17) is 0 Å². The summed E-state index contributed by atoms with van der Waals surface area (Å²) in [5, 5.41) is 9.68. The van der Waals surface area contributed by atoms with Gasteiger partial charge in [-0.1, -0.05) is 46.2 Å². The second kappa shape index (κ2) is 8.15. The number of benzene rings is 1. The summed E-state index contributed by atoms with van der Waals surface area (Å²) in [5.74, 6) is 0.784. The van der Waals surface area contributed by atoms with Crippen molar-refractivity contribution in [2.45, 2.75) is 78.2 Å². The van der Waals surface area contributed by atoms with Gasteiger partial charge in [-0.2, -0.15) is 0 Å². The number of aliphatic hydroxyl groups excluding tert-OH is 1. The van der Waals surface area contributed by atoms with Crippen molar-refractivity contribution in [3.05, 3.63) is 29.8 Å². The molecule has 2 aliphatic rings. The zero-order chi connectivity index (χ0) is 17.7. The van der Waals surface area contributed by atoms with Gasteiger partial charge in [-0.25, -0.2) is 0 Å². The van der Waals surface area contributed by atoms with E-state index < -0.39 is 0 Å². The average Bonchev–Trinajstić information content (AvgIpc) is 2.88. The first-order valence-corrected chi connectivity index (χ1v) is 9.53. The number of aliphatic hydroxyl groups is 1. The predicted molar refractivity (Wildman–Crippen MR) is 100 cm³/mol. The molecule has 1 aromatic rings. The lowest BCUT2D eigenvalue weighted by molar-refractivity contribution is -0.128. The number of anilines is 1. The van der Waals surface area contributed by atoms with E-state index in [-0.39, 0.29) is 17.4 Å². The topological polar surface area (TPSA) is 40.5 Å². The predicted octanol–water partition coefficient (Wildman–Crippen LogP) is 4.88. The molecule has 0 aromatic heterocycles. The molecule has 3 nitrogen and oxygen atoms in total. The van der Waals surface area contributed by atoms with Gasteiger partial charge in [0.15, 0.2) is 0 Å². The van der Waals surface area contributed by atoms with E-state index in [0.29, 0.717) is 5.92 Å². The lowest BCUT2D eigenvalue weighted by Crippen LogP contribution is -2.38. The molecule has 0 radical (unpaired) electrons. The zero-order valence-electron chi connectivity index (χ0n) is 15.7. The Morgan fingerprint density at radius 1 is 1.12 bits per heavy atom. The van der Waals surface area contributed by atoms with Gasteiger partial charge in [-0.3, -0.25) is 4.79 Å². The quantitative estimate of drug-likeness (QED) is 0.838. The van der Waals surface area contributed by atoms with Gasteiger partial charge in [0.05, 0.1) is 11.5 Å². The van der Waals surface area contributed by atoms with E-state index in [1.807, 2.05) is 4.90 Å². The van der Waals surface area contributed by atoms with E-state index >= 15 is 0 Å². The molecule has 1 aliphatic carbocycles. The summed E-state index contributed by atoms with van der Waals surface area (Å²) in [4.78, 5) is 14.8. The number of carbonyl (C=O) groups is 1. The SMILES string of the molecule is CC(C)c1ccc(N2CCC3(CCC(O)CC3)C2=O)cc1.CCC. The summed E-state index contributed by atoms with van der Waals surface area (Å²) in [5.41, 5.74) is 2.13. The van der Waals surface area contributed by atoms with Crippen LogP contribution in [0.25, 0.3) is 0 Å². The van der Waals surface area contributed by atoms with Crippen LogP contribution in [0.5, 0.6) is 0 Å². The fraction of sp³-hybridized carbons (Fsp3) is 0.667. The van der Waals surface area contributed by atoms with E-state index in [1.54, 1.807) is 0 Å². The third kappa shape index (κ3) is 4.00. The fourth-order valence-corrected chi connectivity index (χ4v) is 3.73. The number of amides is 1. The van der Waals surface area contributed by atoms with Crippen LogP contribution in [0, 0.1) is 5.41 Å². The molecule has 1 aliphatic heterocycles. The average molecular weight is 332 g/mol. The van der Waals surface area contributed by atoms with Crippen LogP contribution in [-0.2, 0) is 4.79 Å². The molecule has 0 atom stereocenters. The minimum Gasteiger partial charge on any atom is -0.393 e. The molecule has 1 aromatic carbocycles. The van der Waals surface area contributed by atoms with Crippen molar-refractivity contribution in [2.24, 2.45) is 5.41 Å². The monoisotopic (exact) mass is 331 g/mol. The van der Waals surface area contributed by atoms with Crippen LogP contribution in [0.15, 0.2) is 24.3 Å². The summed E-state index contributed by atoms with van der Waals surface area (Å²) >= 11 is 0. The summed E-state index contributed by atoms with van der Waals surface area (Å²) in [6.07, 6.45) is 5.20. The highest BCUT2D eigenvalue weighted by Gasteiger charge is 2.48. The minimum atomic E-state index is -0.206. The van der Waals surface area contributed by atoms with E-state index in [2.05, 4.69) is 52.0 Å². The van der Waals surface area contributed by atoms with Crippen LogP contribution < -0.4 is 4.90 Å². The minimum absolute atomic E-state index is 0.198. The summed E-state index contributed by atoms with van der Waals surface area (Å²) < 4.78 is 0. The highest BCUT2D eigenvalue weighted by atomic mass is 16.3. The van der Waals surface area contributed by atoms with Crippen molar-refractivity contribution in [3.8, 4) is 0 Å². The molecule has 0 unspecified atom stereocenters. The van der Waals surface area contributed by atoms with Crippen molar-refractivity contribution in [1.82, 2.24) is 0 Å². The van der Waals surface area contributed by atoms with Crippen molar-refractivity contribution < 1.29 is 9.90 Å². The van der Waals surface area contributed by atoms with Crippen molar-refractivity contribution >= 4 is 11.6 Å². The van der Waals surface area contributed by atoms with Crippen LogP contribution >= 0.6 is 0 Å². The highest BCUT2D eigenvalue weighted by Crippen LogP contribution is 2.46. The highest BCUT2D eigenvalue weighted by molar-refractivity contribution is 5.99. The molecule has 1 saturated carbocycles. The van der Waals surface area contributed by atoms with Gasteiger partial charge in [-0.05, 0) is 55.7 Å². The first kappa shape index (κ1) is 19.0. The van der Waals surface area contributed by atoms with Crippen LogP contribution in [0.4, 0.5) is 5.69 Å². The summed E-state index contributed by atoms with van der Waals surface area (Å²) in [6.45, 7) is 9.42. The molecule has 1 spiro atoms. The van der Waals surface area contributed by atoms with Gasteiger partial charge >= 0.3 is 0 Å². The van der Waals surface area contributed by atoms with Crippen molar-refractivity contribution in [1.29, 1.82) is 0 Å². The fourth-order valence-electron chi connectivity index (χ4n) is 3.73. The Labute approximate surface area is 147 Å². The van der Waals surface area contributed by atoms with Gasteiger partial charge in [0.25, 0.3) is 0 Å². The van der Waals surface area contributed by atoms with E-state index in [9.17, 15) is 9.90 Å². The Bertz CT molecular complexity index is 527. The van der Waals surface area contributed by atoms with Crippen LogP contribution in [0.3, 0.4) is 0 Å². The molecule has 2 fully saturated rings. The lowest BCUT2D eigenvalue weighted by Gasteiger charge is -2.33. The summed E-state index contributed by atoms with van der Waals surface area (Å²) in [6, 6.07) is 8.40. The van der Waals surface area contributed by atoms with Crippen LogP contribution in [0.1, 0.15) is 77.7 Å². The largest absolute Gasteiger partial charge is 0.393 e. The molecule has 1 saturated heterocycles. The van der Waals surface area contributed by atoms with Gasteiger partial charge in [0.1, 0.15) is 0 Å². The normalized spacial score (nSPS) is 26.7. The Balaban J connectivity index is 0.000000647. The Kier molecular flexibility index (Phi) is 6.45. The van der Waals surface area contributed by atoms with Crippen molar-refractivity contribution in [2.75, 3.05) is 11.4 Å². The molecule has 3 rings (SSSR count). The maximum absolute atomic E-state index is 12.9. The van der Waals surface area contributed by atoms with Gasteiger partial charge in [0, 0.05) is 12.2 Å². The zero-order valence-corrected chi connectivity index (χ0v) is 15.7. The second-order valence-corrected chi connectivity index (χ2v) is 7.67. The van der Waals surface area contributed by atoms with Gasteiger partial charge < -0.3 is 10.0 Å². The Morgan fingerprint density at radius 2 is 1.67 bits per heavy atom. The van der Waals surface area contributed by atoms with Crippen molar-refractivity contribution in [3.63, 3.8) is 0 Å². The van der Waals surface area contributed by atoms with E-state index in [0.717, 1.165) is 44.3 Å². The first-order chi connectivity index (χ1) is 11.4. The van der Waals surface area contributed by atoms with Gasteiger partial charge in [0.2, 0.25) is 5.91 Å². The Morgan fingerprint density at radius 3 is 2.17 bits per heavy atom. The van der Waals surface area contributed by atoms with Gasteiger partial charge in [-0.15, -0.1) is 0 Å². The molecule has 3 heteroatoms. The third-order valence-electron chi connectivity index (χ3n) is 5.30. The first-order valence-electron chi connectivity index (χ1n) is 9.53. The standard InChI is InChI=1S/C18H25NO2.C3H8/c1-13(2)14-3-5-15(6-4-14)19-12-11-18(17(19)21)9-7-16(20)8-10-18;1-3-2/h3-6,13,16,20H,7-12H2,1-2H3;3H2,1-2H3. The molecule has 1 amide bonds. The molecule has 1 N–H and O–H groups in total. The number of rotatable bonds is 2. The van der Waals surface area contributed by atoms with Crippen LogP contribution in [0.2, 0.25) is 0 Å². The molecule has 1 heterocycles. The second-order valence-electron chi connectivity index (χ2n) is 7.67. The number of hydrogen-bond donors (Lipinski definition) is 1. The summed E-state index contributed by atoms with van der Waals surface area (Å²) in [7, 11) is 0. The number of hydrogen-bond acceptors (Lipinski definition) is 2. The molecular formula is C21H33NO2. The third-order valence-corrected chi connectivity index (χ3v) is 5.30. The molecule has 0 bridgehead atoms. The lowest BCUT2D eigenvalue weighted by atomic mass is 9.72. The molecule has 134 valence electrons. The number of nitrogens with zero attached hydrogens (tertiary/aromatic N) is 1.